The minimum atomic E-state index is 0. The van der Waals surface area contributed by atoms with Crippen molar-refractivity contribution < 1.29 is 26.1 Å². The van der Waals surface area contributed by atoms with Crippen LogP contribution in [0.2, 0.25) is 0 Å². The molecule has 2 aliphatic rings. The van der Waals surface area contributed by atoms with Crippen LogP contribution in [-0.4, -0.2) is 11.6 Å². The number of nitrogens with one attached hydrogen (secondary N) is 2. The summed E-state index contributed by atoms with van der Waals surface area (Å²) in [4.78, 5) is 22.7. The third-order valence-corrected chi connectivity index (χ3v) is 4.17. The first-order chi connectivity index (χ1) is 14.7. The van der Waals surface area contributed by atoms with Crippen molar-refractivity contribution in [3.05, 3.63) is 133 Å². The Kier molecular flexibility index (Phi) is 9.73. The molecule has 0 spiro atoms. The number of anilines is 2. The zero-order chi connectivity index (χ0) is 21.0. The molecule has 2 aromatic carbocycles. The van der Waals surface area contributed by atoms with Gasteiger partial charge in [0.05, 0.1) is 0 Å². The molecule has 2 N–H and O–H groups in total. The molecule has 0 aliphatic heterocycles. The van der Waals surface area contributed by atoms with Crippen molar-refractivity contribution in [1.82, 2.24) is 0 Å². The second kappa shape index (κ2) is 12.8. The van der Waals surface area contributed by atoms with Gasteiger partial charge in [0.25, 0.3) is 0 Å². The van der Waals surface area contributed by atoms with E-state index in [1.54, 1.807) is 48.9 Å². The average molecular weight is 453 g/mol. The molecule has 0 radical (unpaired) electrons. The summed E-state index contributed by atoms with van der Waals surface area (Å²) in [7, 11) is 0. The van der Waals surface area contributed by atoms with Gasteiger partial charge in [-0.2, -0.15) is 0 Å². The molecular weight excluding hydrogens is 431 g/mol. The third-order valence-electron chi connectivity index (χ3n) is 4.17. The number of hydrogen-bond donors (Lipinski definition) is 2. The van der Waals surface area contributed by atoms with Crippen molar-refractivity contribution in [2.45, 2.75) is 0 Å². The molecule has 0 aromatic heterocycles. The van der Waals surface area contributed by atoms with Crippen LogP contribution >= 0.6 is 0 Å². The van der Waals surface area contributed by atoms with E-state index in [1.165, 1.54) is 0 Å². The molecule has 0 heterocycles. The minimum Gasteiger partial charge on any atom is -0.361 e. The maximum Gasteiger partial charge on any atom is 2.00 e. The summed E-state index contributed by atoms with van der Waals surface area (Å²) in [5.74, 6) is 0.0573. The van der Waals surface area contributed by atoms with Crippen molar-refractivity contribution in [3.8, 4) is 0 Å². The first-order valence-corrected chi connectivity index (χ1v) is 9.54. The topological polar surface area (TPSA) is 58.2 Å². The van der Waals surface area contributed by atoms with Crippen LogP contribution < -0.4 is 10.6 Å². The van der Waals surface area contributed by atoms with Crippen LogP contribution in [-0.2, 0) is 26.1 Å². The maximum absolute atomic E-state index is 11.4. The van der Waals surface area contributed by atoms with Crippen LogP contribution in [0.4, 0.5) is 11.4 Å². The third kappa shape index (κ3) is 7.92. The van der Waals surface area contributed by atoms with E-state index >= 15 is 0 Å². The zero-order valence-corrected chi connectivity index (χ0v) is 17.7. The van der Waals surface area contributed by atoms with Gasteiger partial charge in [-0.3, -0.25) is 9.59 Å². The molecule has 0 bridgehead atoms. The van der Waals surface area contributed by atoms with E-state index in [1.807, 2.05) is 72.8 Å². The fourth-order valence-electron chi connectivity index (χ4n) is 2.59. The summed E-state index contributed by atoms with van der Waals surface area (Å²) in [5, 5.41) is 6.15. The minimum absolute atomic E-state index is 0. The molecule has 31 heavy (non-hydrogen) atoms. The van der Waals surface area contributed by atoms with Crippen molar-refractivity contribution in [1.29, 1.82) is 0 Å². The molecule has 156 valence electrons. The van der Waals surface area contributed by atoms with Crippen LogP contribution in [0.15, 0.2) is 133 Å². The molecule has 0 saturated carbocycles. The van der Waals surface area contributed by atoms with E-state index in [4.69, 9.17) is 0 Å². The van der Waals surface area contributed by atoms with Gasteiger partial charge in [-0.15, -0.1) is 0 Å². The Bertz CT molecular complexity index is 976. The molecule has 0 atom stereocenters. The molecule has 0 unspecified atom stereocenters. The Balaban J connectivity index is 0.000000213. The molecule has 4 rings (SSSR count). The molecule has 0 saturated heterocycles. The van der Waals surface area contributed by atoms with Crippen molar-refractivity contribution in [2.24, 2.45) is 0 Å². The van der Waals surface area contributed by atoms with Crippen LogP contribution in [0.1, 0.15) is 0 Å². The standard InChI is InChI=1S/2C13H11NO.Ni/c2*15-13-9-5-4-6-11(13)10-14-12-7-2-1-3-8-12;/h2*1-10,14H;/q;;+2/b2*11-10-;. The number of carbonyl (C=O) groups is 2. The number of hydrogen-bond acceptors (Lipinski definition) is 4. The number of carbonyl (C=O) groups excluding carboxylic acids is 2. The quantitative estimate of drug-likeness (QED) is 0.484. The van der Waals surface area contributed by atoms with E-state index in [-0.39, 0.29) is 28.1 Å². The van der Waals surface area contributed by atoms with E-state index in [9.17, 15) is 9.59 Å². The van der Waals surface area contributed by atoms with Crippen molar-refractivity contribution in [3.63, 3.8) is 0 Å². The fraction of sp³-hybridized carbons (Fsp3) is 0. The molecule has 4 nitrogen and oxygen atoms in total. The fourth-order valence-corrected chi connectivity index (χ4v) is 2.59. The number of rotatable bonds is 4. The zero-order valence-electron chi connectivity index (χ0n) is 16.7. The predicted molar refractivity (Wildman–Crippen MR) is 123 cm³/mol. The molecule has 2 aromatic rings. The van der Waals surface area contributed by atoms with Gasteiger partial charge in [0.15, 0.2) is 11.6 Å². The normalized spacial score (nSPS) is 16.5. The monoisotopic (exact) mass is 452 g/mol. The second-order valence-electron chi connectivity index (χ2n) is 6.39. The predicted octanol–water partition coefficient (Wildman–Crippen LogP) is 5.35. The Morgan fingerprint density at radius 1 is 0.516 bits per heavy atom. The van der Waals surface area contributed by atoms with Gasteiger partial charge in [-0.25, -0.2) is 0 Å². The summed E-state index contributed by atoms with van der Waals surface area (Å²) in [5.41, 5.74) is 3.28. The van der Waals surface area contributed by atoms with Crippen molar-refractivity contribution >= 4 is 22.9 Å². The molecule has 5 heteroatoms. The van der Waals surface area contributed by atoms with Gasteiger partial charge in [-0.1, -0.05) is 60.7 Å². The van der Waals surface area contributed by atoms with Crippen LogP contribution in [0.5, 0.6) is 0 Å². The van der Waals surface area contributed by atoms with E-state index in [0.29, 0.717) is 11.1 Å². The smallest absolute Gasteiger partial charge is 0.361 e. The Hall–Kier alpha value is -3.69. The van der Waals surface area contributed by atoms with Gasteiger partial charge in [-0.05, 0) is 48.6 Å². The Labute approximate surface area is 192 Å². The largest absolute Gasteiger partial charge is 2.00 e. The summed E-state index contributed by atoms with van der Waals surface area (Å²) in [6.07, 6.45) is 17.3. The molecule has 2 aliphatic carbocycles. The van der Waals surface area contributed by atoms with Gasteiger partial charge < -0.3 is 10.6 Å². The SMILES string of the molecule is O=C1C=CC=C/C1=C/Nc1ccccc1.O=C1C=CC=C/C1=C/Nc1ccccc1.[Ni+2]. The molecular formula is C26H22N2NiO2+2. The number of benzene rings is 2. The summed E-state index contributed by atoms with van der Waals surface area (Å²) in [6, 6.07) is 19.5. The van der Waals surface area contributed by atoms with Gasteiger partial charge in [0, 0.05) is 34.9 Å². The number of para-hydroxylation sites is 2. The van der Waals surface area contributed by atoms with E-state index in [0.717, 1.165) is 11.4 Å². The second-order valence-corrected chi connectivity index (χ2v) is 6.39. The first kappa shape index (κ1) is 23.6. The summed E-state index contributed by atoms with van der Waals surface area (Å²) in [6.45, 7) is 0. The summed E-state index contributed by atoms with van der Waals surface area (Å²) >= 11 is 0. The molecule has 0 fully saturated rings. The van der Waals surface area contributed by atoms with Crippen LogP contribution in [0, 0.1) is 0 Å². The van der Waals surface area contributed by atoms with E-state index in [2.05, 4.69) is 10.6 Å². The number of allylic oxidation sites excluding steroid dienone is 10. The van der Waals surface area contributed by atoms with Crippen molar-refractivity contribution in [2.75, 3.05) is 10.6 Å². The van der Waals surface area contributed by atoms with Gasteiger partial charge in [0.2, 0.25) is 0 Å². The number of ketones is 2. The van der Waals surface area contributed by atoms with Crippen LogP contribution in [0.3, 0.4) is 0 Å². The van der Waals surface area contributed by atoms with Gasteiger partial charge >= 0.3 is 16.5 Å². The first-order valence-electron chi connectivity index (χ1n) is 9.54. The average Bonchev–Trinajstić information content (AvgIpc) is 2.80. The van der Waals surface area contributed by atoms with Gasteiger partial charge in [0.1, 0.15) is 0 Å². The van der Waals surface area contributed by atoms with E-state index < -0.39 is 0 Å². The molecule has 0 amide bonds. The maximum atomic E-state index is 11.4. The summed E-state index contributed by atoms with van der Waals surface area (Å²) < 4.78 is 0. The van der Waals surface area contributed by atoms with Crippen LogP contribution in [0.25, 0.3) is 0 Å². The Morgan fingerprint density at radius 3 is 1.23 bits per heavy atom. The Morgan fingerprint density at radius 2 is 0.871 bits per heavy atom.